The second-order valence-corrected chi connectivity index (χ2v) is 6.88. The quantitative estimate of drug-likeness (QED) is 0.465. The normalized spacial score (nSPS) is 9.97. The number of carbonyl (C=O) groups is 1. The Balaban J connectivity index is 0.000000757. The Morgan fingerprint density at radius 3 is 2.47 bits per heavy atom. The molecule has 0 radical (unpaired) electrons. The lowest BCUT2D eigenvalue weighted by atomic mass is 10.1. The standard InChI is InChI=1S/C18H15BrN6O.C2H6.CH4O/c1-11-3-4-14(25-21-9-12(2)23-25)8-16(11)22-18(26)15-10-20-24-6-5-13(19)7-17(15)24;2*1-2/h3-10H,1-2H3,(H,22,26);1-2H3;2H,1H3. The number of nitrogens with zero attached hydrogens (tertiary/aromatic N) is 5. The molecule has 30 heavy (non-hydrogen) atoms. The molecule has 1 aromatic carbocycles. The fourth-order valence-corrected chi connectivity index (χ4v) is 2.99. The summed E-state index contributed by atoms with van der Waals surface area (Å²) in [5.41, 5.74) is 4.49. The van der Waals surface area contributed by atoms with Crippen LogP contribution in [0.4, 0.5) is 5.69 Å². The van der Waals surface area contributed by atoms with Crippen molar-refractivity contribution >= 4 is 33.0 Å². The number of aromatic nitrogens is 5. The first-order valence-corrected chi connectivity index (χ1v) is 10.2. The van der Waals surface area contributed by atoms with Crippen LogP contribution in [-0.4, -0.2) is 42.7 Å². The molecule has 9 heteroatoms. The number of carbonyl (C=O) groups excluding carboxylic acids is 1. The van der Waals surface area contributed by atoms with Gasteiger partial charge in [0.1, 0.15) is 0 Å². The largest absolute Gasteiger partial charge is 0.400 e. The summed E-state index contributed by atoms with van der Waals surface area (Å²) < 4.78 is 2.55. The topological polar surface area (TPSA) is 97.3 Å². The Morgan fingerprint density at radius 1 is 1.07 bits per heavy atom. The third-order valence-corrected chi connectivity index (χ3v) is 4.53. The molecule has 0 saturated carbocycles. The second kappa shape index (κ2) is 10.7. The molecule has 0 saturated heterocycles. The first-order chi connectivity index (χ1) is 14.5. The summed E-state index contributed by atoms with van der Waals surface area (Å²) in [4.78, 5) is 14.3. The molecular formula is C21H25BrN6O2. The number of benzene rings is 1. The molecule has 158 valence electrons. The van der Waals surface area contributed by atoms with Crippen molar-refractivity contribution in [3.8, 4) is 5.69 Å². The van der Waals surface area contributed by atoms with Crippen molar-refractivity contribution in [2.45, 2.75) is 27.7 Å². The first kappa shape index (κ1) is 23.2. The summed E-state index contributed by atoms with van der Waals surface area (Å²) in [7, 11) is 1.00. The van der Waals surface area contributed by atoms with Crippen LogP contribution in [0.1, 0.15) is 35.5 Å². The molecule has 0 fully saturated rings. The Morgan fingerprint density at radius 2 is 1.80 bits per heavy atom. The van der Waals surface area contributed by atoms with Crippen LogP contribution in [-0.2, 0) is 0 Å². The molecule has 0 aliphatic carbocycles. The van der Waals surface area contributed by atoms with Crippen LogP contribution >= 0.6 is 15.9 Å². The van der Waals surface area contributed by atoms with Crippen molar-refractivity contribution < 1.29 is 9.90 Å². The molecule has 4 rings (SSSR count). The molecule has 8 nitrogen and oxygen atoms in total. The van der Waals surface area contributed by atoms with Crippen molar-refractivity contribution in [2.24, 2.45) is 0 Å². The number of aryl methyl sites for hydroxylation is 2. The summed E-state index contributed by atoms with van der Waals surface area (Å²) in [5.74, 6) is -0.219. The number of nitrogens with one attached hydrogen (secondary N) is 1. The van der Waals surface area contributed by atoms with E-state index in [4.69, 9.17) is 5.11 Å². The number of pyridine rings is 1. The van der Waals surface area contributed by atoms with E-state index >= 15 is 0 Å². The maximum absolute atomic E-state index is 12.8. The average Bonchev–Trinajstić information content (AvgIpc) is 3.38. The predicted octanol–water partition coefficient (Wildman–Crippen LogP) is 4.18. The number of halogens is 1. The molecule has 3 heterocycles. The van der Waals surface area contributed by atoms with Gasteiger partial charge in [-0.3, -0.25) is 4.79 Å². The number of rotatable bonds is 3. The van der Waals surface area contributed by atoms with Crippen LogP contribution in [0, 0.1) is 13.8 Å². The number of aliphatic hydroxyl groups is 1. The van der Waals surface area contributed by atoms with Crippen molar-refractivity contribution in [3.05, 3.63) is 70.2 Å². The van der Waals surface area contributed by atoms with Crippen LogP contribution in [0.25, 0.3) is 11.2 Å². The van der Waals surface area contributed by atoms with Crippen molar-refractivity contribution in [1.82, 2.24) is 24.6 Å². The van der Waals surface area contributed by atoms with Gasteiger partial charge < -0.3 is 10.4 Å². The lowest BCUT2D eigenvalue weighted by molar-refractivity contribution is 0.102. The third kappa shape index (κ3) is 5.11. The van der Waals surface area contributed by atoms with Gasteiger partial charge in [0.05, 0.1) is 34.9 Å². The maximum Gasteiger partial charge on any atom is 0.259 e. The summed E-state index contributed by atoms with van der Waals surface area (Å²) >= 11 is 3.43. The van der Waals surface area contributed by atoms with Crippen molar-refractivity contribution in [1.29, 1.82) is 0 Å². The SMILES string of the molecule is CC.CO.Cc1cnn(-c2ccc(C)c(NC(=O)c3cnn4ccc(Br)cc34)c2)n1. The van der Waals surface area contributed by atoms with Gasteiger partial charge in [0.15, 0.2) is 0 Å². The fraction of sp³-hybridized carbons (Fsp3) is 0.238. The van der Waals surface area contributed by atoms with Gasteiger partial charge >= 0.3 is 0 Å². The third-order valence-electron chi connectivity index (χ3n) is 4.03. The van der Waals surface area contributed by atoms with Crippen LogP contribution in [0.15, 0.2) is 53.4 Å². The zero-order valence-corrected chi connectivity index (χ0v) is 19.2. The van der Waals surface area contributed by atoms with E-state index < -0.39 is 0 Å². The molecule has 1 amide bonds. The average molecular weight is 473 g/mol. The van der Waals surface area contributed by atoms with Crippen LogP contribution in [0.5, 0.6) is 0 Å². The van der Waals surface area contributed by atoms with Gasteiger partial charge in [0.2, 0.25) is 0 Å². The van der Waals surface area contributed by atoms with E-state index in [1.165, 1.54) is 4.80 Å². The minimum atomic E-state index is -0.219. The summed E-state index contributed by atoms with van der Waals surface area (Å²) in [6.07, 6.45) is 5.05. The Bertz CT molecular complexity index is 1140. The van der Waals surface area contributed by atoms with E-state index in [9.17, 15) is 4.79 Å². The summed E-state index contributed by atoms with van der Waals surface area (Å²) in [6, 6.07) is 9.43. The molecule has 0 aliphatic heterocycles. The van der Waals surface area contributed by atoms with Gasteiger partial charge in [-0.1, -0.05) is 35.8 Å². The van der Waals surface area contributed by atoms with E-state index in [0.29, 0.717) is 11.3 Å². The molecule has 0 spiro atoms. The molecule has 0 unspecified atom stereocenters. The lowest BCUT2D eigenvalue weighted by Gasteiger charge is -2.10. The Hall–Kier alpha value is -3.04. The van der Waals surface area contributed by atoms with Crippen LogP contribution < -0.4 is 5.32 Å². The monoisotopic (exact) mass is 472 g/mol. The molecule has 4 aromatic rings. The Labute approximate surface area is 183 Å². The number of hydrogen-bond acceptors (Lipinski definition) is 5. The molecule has 0 bridgehead atoms. The van der Waals surface area contributed by atoms with Gasteiger partial charge in [-0.05, 0) is 43.7 Å². The highest BCUT2D eigenvalue weighted by atomic mass is 79.9. The minimum absolute atomic E-state index is 0.219. The molecule has 0 aliphatic rings. The molecule has 3 aromatic heterocycles. The smallest absolute Gasteiger partial charge is 0.259 e. The predicted molar refractivity (Wildman–Crippen MR) is 121 cm³/mol. The van der Waals surface area contributed by atoms with E-state index in [2.05, 4.69) is 36.5 Å². The van der Waals surface area contributed by atoms with E-state index in [0.717, 1.165) is 34.0 Å². The van der Waals surface area contributed by atoms with Gasteiger partial charge in [-0.15, -0.1) is 0 Å². The minimum Gasteiger partial charge on any atom is -0.400 e. The van der Waals surface area contributed by atoms with Crippen molar-refractivity contribution in [2.75, 3.05) is 12.4 Å². The van der Waals surface area contributed by atoms with Gasteiger partial charge in [0.25, 0.3) is 5.91 Å². The molecular weight excluding hydrogens is 448 g/mol. The maximum atomic E-state index is 12.8. The zero-order valence-electron chi connectivity index (χ0n) is 17.6. The Kier molecular flexibility index (Phi) is 8.25. The second-order valence-electron chi connectivity index (χ2n) is 5.96. The number of aliphatic hydroxyl groups excluding tert-OH is 1. The number of anilines is 1. The fourth-order valence-electron chi connectivity index (χ4n) is 2.65. The van der Waals surface area contributed by atoms with E-state index in [1.54, 1.807) is 23.1 Å². The summed E-state index contributed by atoms with van der Waals surface area (Å²) in [5, 5.41) is 22.7. The van der Waals surface area contributed by atoms with Crippen LogP contribution in [0.3, 0.4) is 0 Å². The van der Waals surface area contributed by atoms with Crippen LogP contribution in [0.2, 0.25) is 0 Å². The van der Waals surface area contributed by atoms with Gasteiger partial charge in [0, 0.05) is 23.5 Å². The zero-order chi connectivity index (χ0) is 22.3. The van der Waals surface area contributed by atoms with E-state index in [-0.39, 0.29) is 5.91 Å². The highest BCUT2D eigenvalue weighted by Gasteiger charge is 2.15. The lowest BCUT2D eigenvalue weighted by Crippen LogP contribution is -2.13. The highest BCUT2D eigenvalue weighted by molar-refractivity contribution is 9.10. The first-order valence-electron chi connectivity index (χ1n) is 9.40. The molecule has 0 atom stereocenters. The molecule has 2 N–H and O–H groups in total. The highest BCUT2D eigenvalue weighted by Crippen LogP contribution is 2.22. The van der Waals surface area contributed by atoms with Crippen molar-refractivity contribution in [3.63, 3.8) is 0 Å². The van der Waals surface area contributed by atoms with Gasteiger partial charge in [-0.25, -0.2) is 4.52 Å². The number of hydrogen-bond donors (Lipinski definition) is 2. The number of fused-ring (bicyclic) bond motifs is 1. The summed E-state index contributed by atoms with van der Waals surface area (Å²) in [6.45, 7) is 7.82. The van der Waals surface area contributed by atoms with E-state index in [1.807, 2.05) is 58.0 Å². The van der Waals surface area contributed by atoms with Gasteiger partial charge in [-0.2, -0.15) is 20.1 Å². The number of amides is 1.